The summed E-state index contributed by atoms with van der Waals surface area (Å²) in [7, 11) is 0. The first-order valence-corrected chi connectivity index (χ1v) is 8.25. The van der Waals surface area contributed by atoms with Crippen LogP contribution in [0.5, 0.6) is 0 Å². The molecule has 118 valence electrons. The molecule has 1 saturated heterocycles. The van der Waals surface area contributed by atoms with Crippen LogP contribution in [-0.2, 0) is 0 Å². The van der Waals surface area contributed by atoms with Gasteiger partial charge in [-0.1, -0.05) is 12.1 Å². The Morgan fingerprint density at radius 2 is 2.00 bits per heavy atom. The maximum atomic E-state index is 13.1. The van der Waals surface area contributed by atoms with E-state index in [-0.39, 0.29) is 17.8 Å². The van der Waals surface area contributed by atoms with Crippen LogP contribution in [0.2, 0.25) is 0 Å². The third-order valence-electron chi connectivity index (χ3n) is 4.04. The Kier molecular flexibility index (Phi) is 3.39. The maximum absolute atomic E-state index is 13.1. The molecule has 0 aliphatic carbocycles. The molecule has 1 fully saturated rings. The summed E-state index contributed by atoms with van der Waals surface area (Å²) in [5.74, 6) is 0.858. The van der Waals surface area contributed by atoms with Crippen LogP contribution >= 0.6 is 11.3 Å². The number of nitrogens with zero attached hydrogens (tertiary/aromatic N) is 3. The van der Waals surface area contributed by atoms with E-state index in [4.69, 9.17) is 11.5 Å². The minimum absolute atomic E-state index is 0.163. The van der Waals surface area contributed by atoms with Crippen molar-refractivity contribution in [2.45, 2.75) is 12.5 Å². The van der Waals surface area contributed by atoms with Gasteiger partial charge in [-0.05, 0) is 30.2 Å². The summed E-state index contributed by atoms with van der Waals surface area (Å²) in [5, 5.41) is 0.970. The third kappa shape index (κ3) is 2.62. The summed E-state index contributed by atoms with van der Waals surface area (Å²) in [5.41, 5.74) is 12.8. The molecule has 0 amide bonds. The normalized spacial score (nSPS) is 18.0. The Labute approximate surface area is 136 Å². The molecule has 0 saturated carbocycles. The van der Waals surface area contributed by atoms with Crippen molar-refractivity contribution < 1.29 is 4.39 Å². The van der Waals surface area contributed by atoms with Crippen LogP contribution in [0.25, 0.3) is 20.7 Å². The number of halogens is 1. The SMILES string of the molecule is Nc1nc(N2CCC(N)C2)c2cc(-c3ccc(F)cc3)sc2n1. The molecule has 1 aliphatic heterocycles. The van der Waals surface area contributed by atoms with Crippen molar-refractivity contribution in [3.63, 3.8) is 0 Å². The Hall–Kier alpha value is -2.25. The molecule has 4 rings (SSSR count). The first kappa shape index (κ1) is 14.3. The van der Waals surface area contributed by atoms with E-state index in [1.54, 1.807) is 12.1 Å². The largest absolute Gasteiger partial charge is 0.368 e. The van der Waals surface area contributed by atoms with Gasteiger partial charge in [-0.3, -0.25) is 0 Å². The van der Waals surface area contributed by atoms with Crippen LogP contribution in [-0.4, -0.2) is 29.1 Å². The van der Waals surface area contributed by atoms with E-state index in [1.807, 2.05) is 6.07 Å². The summed E-state index contributed by atoms with van der Waals surface area (Å²) in [6.45, 7) is 1.64. The number of anilines is 2. The summed E-state index contributed by atoms with van der Waals surface area (Å²) in [4.78, 5) is 12.8. The average molecular weight is 329 g/mol. The Morgan fingerprint density at radius 1 is 1.22 bits per heavy atom. The van der Waals surface area contributed by atoms with Crippen molar-refractivity contribution in [1.82, 2.24) is 9.97 Å². The van der Waals surface area contributed by atoms with Crippen LogP contribution < -0.4 is 16.4 Å². The summed E-state index contributed by atoms with van der Waals surface area (Å²) >= 11 is 1.53. The number of nitrogen functional groups attached to an aromatic ring is 1. The van der Waals surface area contributed by atoms with Gasteiger partial charge in [0.1, 0.15) is 16.5 Å². The predicted octanol–water partition coefficient (Wildman–Crippen LogP) is 2.62. The molecule has 5 nitrogen and oxygen atoms in total. The molecule has 3 aromatic rings. The highest BCUT2D eigenvalue weighted by molar-refractivity contribution is 7.21. The fourth-order valence-corrected chi connectivity index (χ4v) is 3.94. The van der Waals surface area contributed by atoms with Gasteiger partial charge < -0.3 is 16.4 Å². The smallest absolute Gasteiger partial charge is 0.223 e. The van der Waals surface area contributed by atoms with E-state index in [1.165, 1.54) is 23.5 Å². The van der Waals surface area contributed by atoms with Crippen LogP contribution in [0.3, 0.4) is 0 Å². The number of thiophene rings is 1. The minimum atomic E-state index is -0.245. The zero-order valence-electron chi connectivity index (χ0n) is 12.4. The lowest BCUT2D eigenvalue weighted by Gasteiger charge is -2.17. The fourth-order valence-electron chi connectivity index (χ4n) is 2.90. The van der Waals surface area contributed by atoms with Crippen LogP contribution in [0, 0.1) is 5.82 Å². The second-order valence-corrected chi connectivity index (χ2v) is 6.77. The molecule has 23 heavy (non-hydrogen) atoms. The lowest BCUT2D eigenvalue weighted by molar-refractivity contribution is 0.628. The zero-order valence-corrected chi connectivity index (χ0v) is 13.2. The van der Waals surface area contributed by atoms with Crippen LogP contribution in [0.1, 0.15) is 6.42 Å². The van der Waals surface area contributed by atoms with Crippen molar-refractivity contribution in [2.75, 3.05) is 23.7 Å². The zero-order chi connectivity index (χ0) is 16.0. The summed E-state index contributed by atoms with van der Waals surface area (Å²) in [6.07, 6.45) is 0.945. The topological polar surface area (TPSA) is 81.1 Å². The fraction of sp³-hybridized carbons (Fsp3) is 0.250. The van der Waals surface area contributed by atoms with Gasteiger partial charge in [0.2, 0.25) is 5.95 Å². The maximum Gasteiger partial charge on any atom is 0.223 e. The number of fused-ring (bicyclic) bond motifs is 1. The second-order valence-electron chi connectivity index (χ2n) is 5.74. The molecule has 7 heteroatoms. The Balaban J connectivity index is 1.83. The van der Waals surface area contributed by atoms with Gasteiger partial charge >= 0.3 is 0 Å². The highest BCUT2D eigenvalue weighted by Crippen LogP contribution is 2.37. The van der Waals surface area contributed by atoms with E-state index in [9.17, 15) is 4.39 Å². The quantitative estimate of drug-likeness (QED) is 0.755. The molecule has 0 bridgehead atoms. The molecule has 0 spiro atoms. The Bertz CT molecular complexity index is 861. The van der Waals surface area contributed by atoms with Gasteiger partial charge in [0.05, 0.1) is 5.39 Å². The van der Waals surface area contributed by atoms with Crippen molar-refractivity contribution >= 4 is 33.3 Å². The second kappa shape index (κ2) is 5.43. The van der Waals surface area contributed by atoms with Gasteiger partial charge in [-0.15, -0.1) is 11.3 Å². The summed E-state index contributed by atoms with van der Waals surface area (Å²) in [6, 6.07) is 8.66. The average Bonchev–Trinajstić information content (AvgIpc) is 3.13. The molecule has 3 heterocycles. The molecular formula is C16H16FN5S. The lowest BCUT2D eigenvalue weighted by Crippen LogP contribution is -2.27. The lowest BCUT2D eigenvalue weighted by atomic mass is 10.2. The van der Waals surface area contributed by atoms with E-state index in [0.717, 1.165) is 46.0 Å². The van der Waals surface area contributed by atoms with E-state index in [0.29, 0.717) is 0 Å². The number of benzene rings is 1. The third-order valence-corrected chi connectivity index (χ3v) is 5.12. The molecule has 1 unspecified atom stereocenters. The molecule has 1 atom stereocenters. The molecule has 2 aromatic heterocycles. The van der Waals surface area contributed by atoms with Crippen molar-refractivity contribution in [1.29, 1.82) is 0 Å². The van der Waals surface area contributed by atoms with E-state index >= 15 is 0 Å². The van der Waals surface area contributed by atoms with Crippen molar-refractivity contribution in [3.05, 3.63) is 36.1 Å². The van der Waals surface area contributed by atoms with Crippen LogP contribution in [0.4, 0.5) is 16.2 Å². The first-order valence-electron chi connectivity index (χ1n) is 7.43. The highest BCUT2D eigenvalue weighted by Gasteiger charge is 2.23. The Morgan fingerprint density at radius 3 is 2.70 bits per heavy atom. The van der Waals surface area contributed by atoms with Crippen molar-refractivity contribution in [3.8, 4) is 10.4 Å². The predicted molar refractivity (Wildman–Crippen MR) is 92.0 cm³/mol. The highest BCUT2D eigenvalue weighted by atomic mass is 32.1. The number of hydrogen-bond donors (Lipinski definition) is 2. The van der Waals surface area contributed by atoms with Crippen molar-refractivity contribution in [2.24, 2.45) is 5.73 Å². The van der Waals surface area contributed by atoms with E-state index in [2.05, 4.69) is 14.9 Å². The number of aromatic nitrogens is 2. The van der Waals surface area contributed by atoms with E-state index < -0.39 is 0 Å². The number of nitrogens with two attached hydrogens (primary N) is 2. The first-order chi connectivity index (χ1) is 11.1. The van der Waals surface area contributed by atoms with Gasteiger partial charge in [-0.2, -0.15) is 4.98 Å². The molecule has 1 aliphatic rings. The van der Waals surface area contributed by atoms with Crippen LogP contribution in [0.15, 0.2) is 30.3 Å². The number of hydrogen-bond acceptors (Lipinski definition) is 6. The van der Waals surface area contributed by atoms with Gasteiger partial charge in [0.25, 0.3) is 0 Å². The van der Waals surface area contributed by atoms with Gasteiger partial charge in [0.15, 0.2) is 0 Å². The molecule has 4 N–H and O–H groups in total. The standard InChI is InChI=1S/C16H16FN5S/c17-10-3-1-9(2-4-10)13-7-12-14(22-6-5-11(18)8-22)20-16(19)21-15(12)23-13/h1-4,7,11H,5-6,8,18H2,(H2,19,20,21). The monoisotopic (exact) mass is 329 g/mol. The minimum Gasteiger partial charge on any atom is -0.368 e. The molecular weight excluding hydrogens is 313 g/mol. The molecule has 1 aromatic carbocycles. The van der Waals surface area contributed by atoms with Gasteiger partial charge in [0, 0.05) is 24.0 Å². The number of rotatable bonds is 2. The van der Waals surface area contributed by atoms with Gasteiger partial charge in [-0.25, -0.2) is 9.37 Å². The molecule has 0 radical (unpaired) electrons. The summed E-state index contributed by atoms with van der Waals surface area (Å²) < 4.78 is 13.1.